The van der Waals surface area contributed by atoms with Crippen LogP contribution in [0.2, 0.25) is 0 Å². The first-order valence-corrected chi connectivity index (χ1v) is 27.9. The van der Waals surface area contributed by atoms with E-state index in [2.05, 4.69) is 41.9 Å². The third-order valence-corrected chi connectivity index (χ3v) is 14.3. The number of aliphatic carboxylic acids is 2. The second-order valence-electron chi connectivity index (χ2n) is 19.6. The van der Waals surface area contributed by atoms with Crippen molar-refractivity contribution in [1.29, 1.82) is 0 Å². The van der Waals surface area contributed by atoms with Gasteiger partial charge in [0.1, 0.15) is 42.3 Å². The summed E-state index contributed by atoms with van der Waals surface area (Å²) in [6, 6.07) is -2.54. The van der Waals surface area contributed by atoms with Gasteiger partial charge in [-0.05, 0) is 115 Å². The number of hydrogen-bond donors (Lipinski definition) is 13. The minimum atomic E-state index is -1.66. The highest BCUT2D eigenvalue weighted by molar-refractivity contribution is 7.98. The van der Waals surface area contributed by atoms with Crippen molar-refractivity contribution in [3.8, 4) is 0 Å². The van der Waals surface area contributed by atoms with Crippen LogP contribution in [-0.2, 0) is 60.8 Å². The summed E-state index contributed by atoms with van der Waals surface area (Å²) >= 11 is 1.38. The first-order chi connectivity index (χ1) is 37.3. The molecule has 78 heavy (non-hydrogen) atoms. The maximum Gasteiger partial charge on any atom is 0.328 e. The lowest BCUT2D eigenvalue weighted by atomic mass is 10.0. The number of nitrogens with one attached hydrogen (secondary N) is 7. The van der Waals surface area contributed by atoms with Crippen LogP contribution < -0.4 is 49.1 Å². The molecular weight excluding hydrogens is 1030 g/mol. The Balaban J connectivity index is 1.54. The molecule has 1 aromatic heterocycles. The second kappa shape index (κ2) is 32.9. The van der Waals surface area contributed by atoms with Gasteiger partial charge in [0.15, 0.2) is 6.04 Å². The summed E-state index contributed by atoms with van der Waals surface area (Å²) in [6.07, 6.45) is 5.63. The molecule has 432 valence electrons. The number of unbranched alkanes of at least 4 members (excludes halogenated alkanes) is 2. The predicted molar refractivity (Wildman–Crippen MR) is 286 cm³/mol. The first kappa shape index (κ1) is 63.8. The van der Waals surface area contributed by atoms with Gasteiger partial charge in [-0.25, -0.2) is 9.78 Å². The number of hydrogen-bond acceptors (Lipinski definition) is 16. The molecule has 0 radical (unpaired) electrons. The third kappa shape index (κ3) is 20.0. The van der Waals surface area contributed by atoms with E-state index in [-0.39, 0.29) is 64.5 Å². The Labute approximate surface area is 457 Å². The minimum Gasteiger partial charge on any atom is -0.481 e. The molecular formula is C51H79N13O13S. The summed E-state index contributed by atoms with van der Waals surface area (Å²) in [5, 5.41) is 45.0. The number of nitrogens with two attached hydrogens (primary N) is 3. The number of amides is 8. The molecule has 0 aliphatic carbocycles. The van der Waals surface area contributed by atoms with Crippen molar-refractivity contribution in [1.82, 2.24) is 51.7 Å². The number of carbonyl (C=O) groups excluding carboxylic acids is 8. The van der Waals surface area contributed by atoms with Crippen molar-refractivity contribution < 1.29 is 63.3 Å². The fraction of sp³-hybridized carbons (Fsp3) is 0.627. The van der Waals surface area contributed by atoms with E-state index in [9.17, 15) is 63.3 Å². The highest BCUT2D eigenvalue weighted by Crippen LogP contribution is 2.24. The van der Waals surface area contributed by atoms with Crippen LogP contribution in [0, 0.1) is 0 Å². The van der Waals surface area contributed by atoms with E-state index in [1.165, 1.54) is 41.0 Å². The molecule has 2 aliphatic rings. The number of aromatic nitrogens is 2. The number of thioether (sulfide) groups is 1. The molecule has 1 aromatic carbocycles. The van der Waals surface area contributed by atoms with Gasteiger partial charge in [0, 0.05) is 44.2 Å². The summed E-state index contributed by atoms with van der Waals surface area (Å²) in [5.74, 6) is -8.16. The number of carboxylic acids is 2. The molecule has 2 aromatic rings. The molecule has 16 N–H and O–H groups in total. The lowest BCUT2D eigenvalue weighted by Crippen LogP contribution is -2.60. The molecule has 3 heterocycles. The normalized spacial score (nSPS) is 18.2. The van der Waals surface area contributed by atoms with E-state index in [1.54, 1.807) is 36.6 Å². The number of nitrogens with zero attached hydrogens (tertiary/aromatic N) is 3. The number of carbonyl (C=O) groups is 10. The van der Waals surface area contributed by atoms with E-state index in [4.69, 9.17) is 17.2 Å². The van der Waals surface area contributed by atoms with Crippen LogP contribution in [0.25, 0.3) is 0 Å². The minimum absolute atomic E-state index is 0.0115. The number of imidazole rings is 1. The smallest absolute Gasteiger partial charge is 0.328 e. The van der Waals surface area contributed by atoms with Crippen molar-refractivity contribution >= 4 is 71.0 Å². The maximum atomic E-state index is 14.7. The van der Waals surface area contributed by atoms with Gasteiger partial charge in [-0.2, -0.15) is 11.8 Å². The van der Waals surface area contributed by atoms with E-state index < -0.39 is 126 Å². The van der Waals surface area contributed by atoms with Crippen LogP contribution in [0.15, 0.2) is 42.9 Å². The predicted octanol–water partition coefficient (Wildman–Crippen LogP) is -2.25. The number of carboxylic acid groups (broad SMARTS) is 2. The van der Waals surface area contributed by atoms with Gasteiger partial charge in [-0.15, -0.1) is 0 Å². The van der Waals surface area contributed by atoms with E-state index >= 15 is 0 Å². The standard InChI is InChI=1S/C51H79N13O13S/c1-30(65)42(51(76)77)62-46(71)35(15-7-9-22-53)59-47(72)39-16-11-24-64(39)50(75)38(26-31-12-4-3-5-13-31)61-48(73)40-17-10-23-63(40)49(74)37(20-25-78-2)60-45(70)36(18-19-41(66)67)58-44(69)34(14-6-8-21-52)57-43(68)33(54)27-32-28-55-29-56-32/h3-5,12-13,28-30,33-40,42,65H,6-11,14-27,52-54H2,1-2H3,(H,55,56)(H,57,68)(H,58,69)(H,59,72)(H,60,70)(H,61,73)(H,62,71)(H,66,67)(H,76,77)/t30-,33+,34+,35+,36+,37+,38+,39+,40+,42+/m1/s1. The van der Waals surface area contributed by atoms with Gasteiger partial charge in [0.25, 0.3) is 0 Å². The second-order valence-corrected chi connectivity index (χ2v) is 20.6. The highest BCUT2D eigenvalue weighted by atomic mass is 32.2. The van der Waals surface area contributed by atoms with Gasteiger partial charge in [0.05, 0.1) is 18.5 Å². The van der Waals surface area contributed by atoms with Crippen LogP contribution in [0.3, 0.4) is 0 Å². The van der Waals surface area contributed by atoms with Crippen molar-refractivity contribution in [2.24, 2.45) is 17.2 Å². The fourth-order valence-corrected chi connectivity index (χ4v) is 9.81. The number of H-pyrrole nitrogens is 1. The summed E-state index contributed by atoms with van der Waals surface area (Å²) in [6.45, 7) is 2.02. The van der Waals surface area contributed by atoms with Crippen LogP contribution in [0.4, 0.5) is 0 Å². The van der Waals surface area contributed by atoms with Crippen LogP contribution >= 0.6 is 11.8 Å². The summed E-state index contributed by atoms with van der Waals surface area (Å²) in [7, 11) is 0. The summed E-state index contributed by atoms with van der Waals surface area (Å²) in [5.41, 5.74) is 18.8. The van der Waals surface area contributed by atoms with Crippen molar-refractivity contribution in [3.63, 3.8) is 0 Å². The molecule has 0 spiro atoms. The number of aliphatic hydroxyl groups is 1. The average molecular weight is 1110 g/mol. The number of likely N-dealkylation sites (tertiary alicyclic amines) is 2. The van der Waals surface area contributed by atoms with Crippen LogP contribution in [0.5, 0.6) is 0 Å². The number of rotatable bonds is 34. The molecule has 0 bridgehead atoms. The summed E-state index contributed by atoms with van der Waals surface area (Å²) in [4.78, 5) is 146. The topological polar surface area (TPSA) is 417 Å². The maximum absolute atomic E-state index is 14.7. The van der Waals surface area contributed by atoms with Crippen molar-refractivity contribution in [2.45, 2.75) is 164 Å². The Morgan fingerprint density at radius 1 is 0.679 bits per heavy atom. The Kier molecular flexibility index (Phi) is 26.9. The van der Waals surface area contributed by atoms with Crippen LogP contribution in [-0.4, -0.2) is 193 Å². The Morgan fingerprint density at radius 3 is 1.71 bits per heavy atom. The SMILES string of the molecule is CSCC[C@H](NC(=O)[C@H](CCC(=O)O)NC(=O)[C@H](CCCCN)NC(=O)[C@@H](N)Cc1cnc[nH]1)C(=O)N1CCC[C@H]1C(=O)N[C@@H](Cc1ccccc1)C(=O)N1CCC[C@H]1C(=O)N[C@@H](CCCCN)C(=O)N[C@H](C(=O)O)[C@@H](C)O. The molecule has 26 nitrogen and oxygen atoms in total. The first-order valence-electron chi connectivity index (χ1n) is 26.5. The molecule has 2 fully saturated rings. The molecule has 0 saturated carbocycles. The number of aromatic amines is 1. The van der Waals surface area contributed by atoms with Gasteiger partial charge in [-0.1, -0.05) is 30.3 Å². The lowest BCUT2D eigenvalue weighted by Gasteiger charge is -2.32. The van der Waals surface area contributed by atoms with E-state index in [0.717, 1.165) is 0 Å². The largest absolute Gasteiger partial charge is 0.481 e. The molecule has 27 heteroatoms. The highest BCUT2D eigenvalue weighted by Gasteiger charge is 2.43. The Morgan fingerprint density at radius 2 is 1.19 bits per heavy atom. The number of aliphatic hydroxyl groups excluding tert-OH is 1. The number of benzene rings is 1. The zero-order valence-electron chi connectivity index (χ0n) is 44.4. The molecule has 0 unspecified atom stereocenters. The third-order valence-electron chi connectivity index (χ3n) is 13.6. The summed E-state index contributed by atoms with van der Waals surface area (Å²) < 4.78 is 0. The Bertz CT molecular complexity index is 2310. The molecule has 2 saturated heterocycles. The quantitative estimate of drug-likeness (QED) is 0.0329. The Hall–Kier alpha value is -6.68. The van der Waals surface area contributed by atoms with Gasteiger partial charge in [0.2, 0.25) is 47.3 Å². The molecule has 10 atom stereocenters. The average Bonchev–Trinajstić information content (AvgIpc) is 4.24. The van der Waals surface area contributed by atoms with Gasteiger partial charge >= 0.3 is 11.9 Å². The lowest BCUT2D eigenvalue weighted by molar-refractivity contribution is -0.146. The zero-order valence-corrected chi connectivity index (χ0v) is 45.2. The monoisotopic (exact) mass is 1110 g/mol. The van der Waals surface area contributed by atoms with E-state index in [1.807, 2.05) is 0 Å². The zero-order chi connectivity index (χ0) is 57.3. The van der Waals surface area contributed by atoms with Crippen molar-refractivity contribution in [2.75, 3.05) is 38.2 Å². The molecule has 8 amide bonds. The van der Waals surface area contributed by atoms with E-state index in [0.29, 0.717) is 68.6 Å². The van der Waals surface area contributed by atoms with Gasteiger partial charge < -0.3 is 79.2 Å². The molecule has 2 aliphatic heterocycles. The molecule has 4 rings (SSSR count). The van der Waals surface area contributed by atoms with Crippen molar-refractivity contribution in [3.05, 3.63) is 54.1 Å². The van der Waals surface area contributed by atoms with Crippen LogP contribution in [0.1, 0.15) is 102 Å². The fourth-order valence-electron chi connectivity index (χ4n) is 9.34. The van der Waals surface area contributed by atoms with Gasteiger partial charge in [-0.3, -0.25) is 43.2 Å².